The van der Waals surface area contributed by atoms with Crippen LogP contribution in [0.2, 0.25) is 0 Å². The molecule has 0 aliphatic rings. The van der Waals surface area contributed by atoms with Gasteiger partial charge in [-0.3, -0.25) is 19.5 Å². The van der Waals surface area contributed by atoms with Crippen molar-refractivity contribution in [2.24, 2.45) is 0 Å². The van der Waals surface area contributed by atoms with Crippen LogP contribution in [-0.4, -0.2) is 41.5 Å². The van der Waals surface area contributed by atoms with Crippen molar-refractivity contribution in [3.63, 3.8) is 0 Å². The second-order valence-corrected chi connectivity index (χ2v) is 7.33. The summed E-state index contributed by atoms with van der Waals surface area (Å²) in [5, 5.41) is 4.79. The molecule has 140 valence electrons. The van der Waals surface area contributed by atoms with E-state index in [9.17, 15) is 22.8 Å². The second-order valence-electron chi connectivity index (χ2n) is 5.40. The Hall–Kier alpha value is -2.72. The van der Waals surface area contributed by atoms with Gasteiger partial charge in [0.1, 0.15) is 6.54 Å². The molecule has 0 fully saturated rings. The number of anilines is 1. The van der Waals surface area contributed by atoms with Crippen molar-refractivity contribution in [3.8, 4) is 0 Å². The summed E-state index contributed by atoms with van der Waals surface area (Å²) in [7, 11) is -3.57. The normalized spacial score (nSPS) is 11.5. The Bertz CT molecular complexity index is 988. The lowest BCUT2D eigenvalue weighted by Gasteiger charge is -2.18. The standard InChI is InChI=1S/C16H20N4O5S/c1-3-19(4-2)26(24,25)13-7-5-12(6-8-13)17-15(22)11-20-16(23)10-9-14(21)18-20/h5-10H,3-4,11H2,1-2H3,(H,17,22)(H,18,21). The Kier molecular flexibility index (Phi) is 6.11. The van der Waals surface area contributed by atoms with Crippen LogP contribution < -0.4 is 16.4 Å². The Labute approximate surface area is 150 Å². The van der Waals surface area contributed by atoms with Crippen molar-refractivity contribution in [2.45, 2.75) is 25.3 Å². The van der Waals surface area contributed by atoms with Gasteiger partial charge in [0.15, 0.2) is 0 Å². The van der Waals surface area contributed by atoms with Gasteiger partial charge in [0.25, 0.3) is 11.1 Å². The number of carbonyl (C=O) groups excluding carboxylic acids is 1. The number of nitrogens with zero attached hydrogens (tertiary/aromatic N) is 2. The molecule has 0 spiro atoms. The molecule has 0 atom stereocenters. The van der Waals surface area contributed by atoms with Gasteiger partial charge in [-0.05, 0) is 24.3 Å². The van der Waals surface area contributed by atoms with E-state index < -0.39 is 27.0 Å². The van der Waals surface area contributed by atoms with Gasteiger partial charge in [-0.25, -0.2) is 13.1 Å². The summed E-state index contributed by atoms with van der Waals surface area (Å²) in [6.45, 7) is 3.87. The molecule has 2 N–H and O–H groups in total. The van der Waals surface area contributed by atoms with E-state index in [1.807, 2.05) is 0 Å². The van der Waals surface area contributed by atoms with E-state index in [1.54, 1.807) is 13.8 Å². The van der Waals surface area contributed by atoms with Crippen LogP contribution in [0.1, 0.15) is 13.8 Å². The Balaban J connectivity index is 2.12. The predicted octanol–water partition coefficient (Wildman–Crippen LogP) is 0.206. The zero-order valence-corrected chi connectivity index (χ0v) is 15.2. The summed E-state index contributed by atoms with van der Waals surface area (Å²) in [5.41, 5.74) is -0.636. The van der Waals surface area contributed by atoms with Crippen molar-refractivity contribution < 1.29 is 13.2 Å². The first kappa shape index (κ1) is 19.6. The summed E-state index contributed by atoms with van der Waals surface area (Å²) in [6.07, 6.45) is 0. The highest BCUT2D eigenvalue weighted by Gasteiger charge is 2.21. The number of carbonyl (C=O) groups is 1. The average Bonchev–Trinajstić information content (AvgIpc) is 2.59. The van der Waals surface area contributed by atoms with Crippen LogP contribution in [-0.2, 0) is 21.4 Å². The third kappa shape index (κ3) is 4.46. The SMILES string of the molecule is CCN(CC)S(=O)(=O)c1ccc(NC(=O)Cn2[nH]c(=O)ccc2=O)cc1. The first-order chi connectivity index (χ1) is 12.3. The van der Waals surface area contributed by atoms with Gasteiger partial charge < -0.3 is 5.32 Å². The van der Waals surface area contributed by atoms with Crippen LogP contribution in [0, 0.1) is 0 Å². The Morgan fingerprint density at radius 1 is 1.08 bits per heavy atom. The molecule has 1 amide bonds. The molecule has 0 aliphatic carbocycles. The van der Waals surface area contributed by atoms with E-state index in [-0.39, 0.29) is 11.4 Å². The molecule has 2 rings (SSSR count). The zero-order chi connectivity index (χ0) is 19.3. The molecule has 0 radical (unpaired) electrons. The van der Waals surface area contributed by atoms with Crippen molar-refractivity contribution in [2.75, 3.05) is 18.4 Å². The smallest absolute Gasteiger partial charge is 0.265 e. The topological polar surface area (TPSA) is 121 Å². The molecule has 0 aliphatic heterocycles. The average molecular weight is 380 g/mol. The van der Waals surface area contributed by atoms with E-state index in [0.29, 0.717) is 18.8 Å². The van der Waals surface area contributed by atoms with Gasteiger partial charge in [-0.1, -0.05) is 13.8 Å². The zero-order valence-electron chi connectivity index (χ0n) is 14.4. The van der Waals surface area contributed by atoms with E-state index in [4.69, 9.17) is 0 Å². The quantitative estimate of drug-likeness (QED) is 0.711. The molecule has 10 heteroatoms. The van der Waals surface area contributed by atoms with Crippen LogP contribution in [0.25, 0.3) is 0 Å². The number of rotatable bonds is 7. The van der Waals surface area contributed by atoms with E-state index in [0.717, 1.165) is 16.8 Å². The lowest BCUT2D eigenvalue weighted by molar-refractivity contribution is -0.117. The van der Waals surface area contributed by atoms with Crippen molar-refractivity contribution in [3.05, 3.63) is 57.1 Å². The van der Waals surface area contributed by atoms with Gasteiger partial charge in [0.05, 0.1) is 4.90 Å². The number of nitrogens with one attached hydrogen (secondary N) is 2. The van der Waals surface area contributed by atoms with Crippen LogP contribution in [0.15, 0.2) is 50.9 Å². The summed E-state index contributed by atoms with van der Waals surface area (Å²) in [4.78, 5) is 34.9. The highest BCUT2D eigenvalue weighted by molar-refractivity contribution is 7.89. The third-order valence-electron chi connectivity index (χ3n) is 3.67. The maximum atomic E-state index is 12.4. The predicted molar refractivity (Wildman–Crippen MR) is 96.5 cm³/mol. The number of hydrogen-bond donors (Lipinski definition) is 2. The number of sulfonamides is 1. The monoisotopic (exact) mass is 380 g/mol. The molecule has 9 nitrogen and oxygen atoms in total. The lowest BCUT2D eigenvalue weighted by atomic mass is 10.3. The summed E-state index contributed by atoms with van der Waals surface area (Å²) >= 11 is 0. The third-order valence-corrected chi connectivity index (χ3v) is 5.74. The Morgan fingerprint density at radius 3 is 2.27 bits per heavy atom. The summed E-state index contributed by atoms with van der Waals surface area (Å²) in [6, 6.07) is 7.88. The van der Waals surface area contributed by atoms with Gasteiger partial charge in [-0.15, -0.1) is 0 Å². The van der Waals surface area contributed by atoms with Gasteiger partial charge in [-0.2, -0.15) is 4.31 Å². The molecule has 26 heavy (non-hydrogen) atoms. The first-order valence-corrected chi connectivity index (χ1v) is 9.42. The second kappa shape index (κ2) is 8.11. The minimum atomic E-state index is -3.57. The number of amides is 1. The highest BCUT2D eigenvalue weighted by Crippen LogP contribution is 2.18. The van der Waals surface area contributed by atoms with Crippen molar-refractivity contribution in [1.29, 1.82) is 0 Å². The fourth-order valence-corrected chi connectivity index (χ4v) is 3.80. The number of H-pyrrole nitrogens is 1. The van der Waals surface area contributed by atoms with E-state index >= 15 is 0 Å². The Morgan fingerprint density at radius 2 is 1.69 bits per heavy atom. The summed E-state index contributed by atoms with van der Waals surface area (Å²) < 4.78 is 27.0. The lowest BCUT2D eigenvalue weighted by Crippen LogP contribution is -2.32. The molecule has 0 saturated heterocycles. The molecule has 0 saturated carbocycles. The number of hydrogen-bond acceptors (Lipinski definition) is 5. The van der Waals surface area contributed by atoms with Crippen LogP contribution >= 0.6 is 0 Å². The fourth-order valence-electron chi connectivity index (χ4n) is 2.35. The van der Waals surface area contributed by atoms with Crippen LogP contribution in [0.5, 0.6) is 0 Å². The number of aromatic amines is 1. The molecule has 2 aromatic rings. The summed E-state index contributed by atoms with van der Waals surface area (Å²) in [5.74, 6) is -0.534. The number of aromatic nitrogens is 2. The van der Waals surface area contributed by atoms with Crippen molar-refractivity contribution in [1.82, 2.24) is 14.1 Å². The highest BCUT2D eigenvalue weighted by atomic mass is 32.2. The molecular weight excluding hydrogens is 360 g/mol. The van der Waals surface area contributed by atoms with E-state index in [2.05, 4.69) is 10.4 Å². The van der Waals surface area contributed by atoms with Crippen LogP contribution in [0.3, 0.4) is 0 Å². The number of benzene rings is 1. The van der Waals surface area contributed by atoms with Crippen LogP contribution in [0.4, 0.5) is 5.69 Å². The molecule has 1 aromatic heterocycles. The van der Waals surface area contributed by atoms with Crippen molar-refractivity contribution >= 4 is 21.6 Å². The molecule has 0 unspecified atom stereocenters. The van der Waals surface area contributed by atoms with Gasteiger partial charge >= 0.3 is 0 Å². The van der Waals surface area contributed by atoms with Gasteiger partial charge in [0.2, 0.25) is 15.9 Å². The molecule has 1 aromatic carbocycles. The minimum absolute atomic E-state index is 0.128. The maximum absolute atomic E-state index is 12.4. The van der Waals surface area contributed by atoms with Gasteiger partial charge in [0, 0.05) is 30.9 Å². The molecular formula is C16H20N4O5S. The first-order valence-electron chi connectivity index (χ1n) is 7.98. The largest absolute Gasteiger partial charge is 0.324 e. The molecule has 0 bridgehead atoms. The fraction of sp³-hybridized carbons (Fsp3) is 0.312. The maximum Gasteiger partial charge on any atom is 0.265 e. The van der Waals surface area contributed by atoms with E-state index in [1.165, 1.54) is 28.6 Å². The minimum Gasteiger partial charge on any atom is -0.324 e. The molecule has 1 heterocycles.